The van der Waals surface area contributed by atoms with Crippen molar-refractivity contribution in [1.29, 1.82) is 0 Å². The van der Waals surface area contributed by atoms with Crippen molar-refractivity contribution < 1.29 is 4.79 Å². The van der Waals surface area contributed by atoms with E-state index in [1.54, 1.807) is 6.20 Å². The molecule has 120 valence electrons. The Labute approximate surface area is 137 Å². The number of rotatable bonds is 5. The molecule has 0 bridgehead atoms. The molecule has 2 N–H and O–H groups in total. The molecule has 2 rings (SSSR count). The molecule has 1 aromatic heterocycles. The molecule has 21 heavy (non-hydrogen) atoms. The van der Waals surface area contributed by atoms with Gasteiger partial charge in [-0.3, -0.25) is 4.79 Å². The highest BCUT2D eigenvalue weighted by molar-refractivity contribution is 5.85. The first kappa shape index (κ1) is 19.9. The van der Waals surface area contributed by atoms with E-state index in [2.05, 4.69) is 20.8 Å². The van der Waals surface area contributed by atoms with Gasteiger partial charge in [0.1, 0.15) is 5.82 Å². The van der Waals surface area contributed by atoms with Crippen LogP contribution < -0.4 is 10.6 Å². The van der Waals surface area contributed by atoms with Crippen LogP contribution >= 0.6 is 24.8 Å². The summed E-state index contributed by atoms with van der Waals surface area (Å²) < 4.78 is 0. The third-order valence-corrected chi connectivity index (χ3v) is 3.36. The van der Waals surface area contributed by atoms with Crippen LogP contribution in [0.15, 0.2) is 18.3 Å². The number of carbonyl (C=O) groups is 1. The summed E-state index contributed by atoms with van der Waals surface area (Å²) in [6.45, 7) is 2.39. The molecule has 0 aliphatic carbocycles. The molecule has 0 saturated carbocycles. The molecule has 0 aromatic carbocycles. The Morgan fingerprint density at radius 3 is 2.67 bits per heavy atom. The number of carbonyl (C=O) groups excluding carboxylic acids is 1. The van der Waals surface area contributed by atoms with Crippen LogP contribution in [0.2, 0.25) is 0 Å². The first-order valence-electron chi connectivity index (χ1n) is 6.76. The SMILES string of the molecule is CNCCC(=O)N1CCC(Nc2cccnn2)CC1.Cl.Cl. The maximum absolute atomic E-state index is 11.9. The van der Waals surface area contributed by atoms with Crippen molar-refractivity contribution in [3.63, 3.8) is 0 Å². The highest BCUT2D eigenvalue weighted by Crippen LogP contribution is 2.15. The number of likely N-dealkylation sites (tertiary alicyclic amines) is 1. The van der Waals surface area contributed by atoms with Gasteiger partial charge in [-0.05, 0) is 32.0 Å². The summed E-state index contributed by atoms with van der Waals surface area (Å²) in [5.41, 5.74) is 0. The van der Waals surface area contributed by atoms with E-state index in [4.69, 9.17) is 0 Å². The van der Waals surface area contributed by atoms with Crippen LogP contribution in [-0.2, 0) is 4.79 Å². The average Bonchev–Trinajstić information content (AvgIpc) is 2.46. The van der Waals surface area contributed by atoms with Gasteiger partial charge in [-0.1, -0.05) is 0 Å². The Morgan fingerprint density at radius 2 is 2.10 bits per heavy atom. The lowest BCUT2D eigenvalue weighted by Crippen LogP contribution is -2.43. The summed E-state index contributed by atoms with van der Waals surface area (Å²) in [6.07, 6.45) is 4.16. The third-order valence-electron chi connectivity index (χ3n) is 3.36. The minimum absolute atomic E-state index is 0. The largest absolute Gasteiger partial charge is 0.366 e. The summed E-state index contributed by atoms with van der Waals surface area (Å²) in [5, 5.41) is 14.2. The number of anilines is 1. The van der Waals surface area contributed by atoms with Crippen molar-refractivity contribution in [3.8, 4) is 0 Å². The molecule has 6 nitrogen and oxygen atoms in total. The first-order chi connectivity index (χ1) is 9.29. The van der Waals surface area contributed by atoms with Crippen LogP contribution in [0.1, 0.15) is 19.3 Å². The van der Waals surface area contributed by atoms with Gasteiger partial charge in [0.15, 0.2) is 0 Å². The van der Waals surface area contributed by atoms with Crippen LogP contribution in [0.3, 0.4) is 0 Å². The third kappa shape index (κ3) is 6.46. The van der Waals surface area contributed by atoms with Gasteiger partial charge in [0.25, 0.3) is 0 Å². The van der Waals surface area contributed by atoms with Crippen molar-refractivity contribution in [1.82, 2.24) is 20.4 Å². The van der Waals surface area contributed by atoms with Crippen LogP contribution in [0.5, 0.6) is 0 Å². The van der Waals surface area contributed by atoms with Crippen molar-refractivity contribution in [3.05, 3.63) is 18.3 Å². The highest BCUT2D eigenvalue weighted by Gasteiger charge is 2.22. The zero-order valence-corrected chi connectivity index (χ0v) is 13.8. The second-order valence-electron chi connectivity index (χ2n) is 4.76. The summed E-state index contributed by atoms with van der Waals surface area (Å²) in [7, 11) is 1.87. The van der Waals surface area contributed by atoms with Gasteiger partial charge in [-0.25, -0.2) is 0 Å². The van der Waals surface area contributed by atoms with Crippen LogP contribution in [0.25, 0.3) is 0 Å². The van der Waals surface area contributed by atoms with Crippen molar-refractivity contribution in [2.24, 2.45) is 0 Å². The Balaban J connectivity index is 0.00000200. The van der Waals surface area contributed by atoms with Crippen molar-refractivity contribution in [2.75, 3.05) is 32.0 Å². The zero-order valence-electron chi connectivity index (χ0n) is 12.1. The van der Waals surface area contributed by atoms with E-state index >= 15 is 0 Å². The topological polar surface area (TPSA) is 70.2 Å². The van der Waals surface area contributed by atoms with Gasteiger partial charge in [0, 0.05) is 38.3 Å². The Morgan fingerprint density at radius 1 is 1.38 bits per heavy atom. The number of nitrogens with zero attached hydrogens (tertiary/aromatic N) is 3. The Hall–Kier alpha value is -1.11. The van der Waals surface area contributed by atoms with Crippen molar-refractivity contribution in [2.45, 2.75) is 25.3 Å². The predicted molar refractivity (Wildman–Crippen MR) is 88.3 cm³/mol. The summed E-state index contributed by atoms with van der Waals surface area (Å²) in [4.78, 5) is 13.8. The van der Waals surface area contributed by atoms with E-state index in [1.165, 1.54) is 0 Å². The molecular weight excluding hydrogens is 313 g/mol. The highest BCUT2D eigenvalue weighted by atomic mass is 35.5. The number of nitrogens with one attached hydrogen (secondary N) is 2. The standard InChI is InChI=1S/C13H21N5O.2ClH/c1-14-8-4-13(19)18-9-5-11(6-10-18)16-12-3-2-7-15-17-12;;/h2-3,7,11,14H,4-6,8-10H2,1H3,(H,16,17);2*1H. The van der Waals surface area contributed by atoms with Crippen LogP contribution in [0.4, 0.5) is 5.82 Å². The number of piperidine rings is 1. The molecule has 0 unspecified atom stereocenters. The summed E-state index contributed by atoms with van der Waals surface area (Å²) in [5.74, 6) is 1.05. The fourth-order valence-corrected chi connectivity index (χ4v) is 2.25. The molecule has 2 heterocycles. The minimum atomic E-state index is 0. The number of amides is 1. The predicted octanol–water partition coefficient (Wildman–Crippen LogP) is 1.33. The molecule has 0 spiro atoms. The van der Waals surface area contributed by atoms with E-state index in [1.807, 2.05) is 24.1 Å². The van der Waals surface area contributed by atoms with E-state index in [-0.39, 0.29) is 30.7 Å². The summed E-state index contributed by atoms with van der Waals surface area (Å²) in [6, 6.07) is 4.16. The smallest absolute Gasteiger partial charge is 0.223 e. The second kappa shape index (κ2) is 10.6. The maximum atomic E-state index is 11.9. The molecule has 1 amide bonds. The normalized spacial score (nSPS) is 14.8. The molecular formula is C13H23Cl2N5O. The van der Waals surface area contributed by atoms with Gasteiger partial charge in [-0.2, -0.15) is 5.10 Å². The number of hydrogen-bond donors (Lipinski definition) is 2. The summed E-state index contributed by atoms with van der Waals surface area (Å²) >= 11 is 0. The Kier molecular flexibility index (Phi) is 10.0. The van der Waals surface area contributed by atoms with Gasteiger partial charge in [-0.15, -0.1) is 29.9 Å². The lowest BCUT2D eigenvalue weighted by atomic mass is 10.0. The molecule has 1 aliphatic rings. The molecule has 8 heteroatoms. The van der Waals surface area contributed by atoms with Crippen LogP contribution in [-0.4, -0.2) is 53.7 Å². The fourth-order valence-electron chi connectivity index (χ4n) is 2.25. The van der Waals surface area contributed by atoms with E-state index in [9.17, 15) is 4.79 Å². The maximum Gasteiger partial charge on any atom is 0.223 e. The van der Waals surface area contributed by atoms with E-state index in [0.717, 1.165) is 38.3 Å². The lowest BCUT2D eigenvalue weighted by Gasteiger charge is -2.32. The minimum Gasteiger partial charge on any atom is -0.366 e. The van der Waals surface area contributed by atoms with Crippen LogP contribution in [0, 0.1) is 0 Å². The number of halogens is 2. The quantitative estimate of drug-likeness (QED) is 0.849. The number of hydrogen-bond acceptors (Lipinski definition) is 5. The molecule has 1 aromatic rings. The fraction of sp³-hybridized carbons (Fsp3) is 0.615. The monoisotopic (exact) mass is 335 g/mol. The Bertz CT molecular complexity index is 399. The molecule has 0 atom stereocenters. The van der Waals surface area contributed by atoms with Gasteiger partial charge >= 0.3 is 0 Å². The average molecular weight is 336 g/mol. The van der Waals surface area contributed by atoms with E-state index < -0.39 is 0 Å². The molecule has 1 fully saturated rings. The van der Waals surface area contributed by atoms with Gasteiger partial charge in [0.05, 0.1) is 0 Å². The van der Waals surface area contributed by atoms with E-state index in [0.29, 0.717) is 12.5 Å². The molecule has 1 aliphatic heterocycles. The van der Waals surface area contributed by atoms with Crippen molar-refractivity contribution >= 4 is 36.5 Å². The lowest BCUT2D eigenvalue weighted by molar-refractivity contribution is -0.132. The molecule has 1 saturated heterocycles. The van der Waals surface area contributed by atoms with Gasteiger partial charge < -0.3 is 15.5 Å². The second-order valence-corrected chi connectivity index (χ2v) is 4.76. The number of aromatic nitrogens is 2. The van der Waals surface area contributed by atoms with Gasteiger partial charge in [0.2, 0.25) is 5.91 Å². The first-order valence-corrected chi connectivity index (χ1v) is 6.76. The molecule has 0 radical (unpaired) electrons. The zero-order chi connectivity index (χ0) is 13.5.